The highest BCUT2D eigenvalue weighted by molar-refractivity contribution is 5.92. The molecule has 1 aromatic carbocycles. The average molecular weight is 372 g/mol. The van der Waals surface area contributed by atoms with Gasteiger partial charge in [0.15, 0.2) is 0 Å². The van der Waals surface area contributed by atoms with E-state index in [1.807, 2.05) is 0 Å². The van der Waals surface area contributed by atoms with E-state index >= 15 is 0 Å². The number of nitrogens with zero attached hydrogens (tertiary/aromatic N) is 2. The molecule has 2 fully saturated rings. The predicted octanol–water partition coefficient (Wildman–Crippen LogP) is 4.08. The molecule has 1 aromatic rings. The summed E-state index contributed by atoms with van der Waals surface area (Å²) >= 11 is 0. The van der Waals surface area contributed by atoms with Crippen LogP contribution in [0.3, 0.4) is 0 Å². The van der Waals surface area contributed by atoms with Crippen molar-refractivity contribution in [1.29, 1.82) is 0 Å². The van der Waals surface area contributed by atoms with E-state index in [4.69, 9.17) is 0 Å². The van der Waals surface area contributed by atoms with Crippen molar-refractivity contribution in [2.75, 3.05) is 38.5 Å². The van der Waals surface area contributed by atoms with Crippen LogP contribution in [0.2, 0.25) is 0 Å². The maximum Gasteiger partial charge on any atom is 0.227 e. The SMILES string of the molecule is CC(C)[C@@H]1CC[C@@H](C)C[C@H]1C(=O)Nc1ccc(CN2CCN(C)CC2)cc1. The minimum atomic E-state index is 0.152. The summed E-state index contributed by atoms with van der Waals surface area (Å²) in [6.45, 7) is 12.3. The zero-order chi connectivity index (χ0) is 19.4. The van der Waals surface area contributed by atoms with Gasteiger partial charge in [0.1, 0.15) is 0 Å². The van der Waals surface area contributed by atoms with Gasteiger partial charge in [-0.1, -0.05) is 39.3 Å². The number of hydrogen-bond donors (Lipinski definition) is 1. The Morgan fingerprint density at radius 2 is 1.78 bits per heavy atom. The van der Waals surface area contributed by atoms with E-state index < -0.39 is 0 Å². The second-order valence-electron chi connectivity index (χ2n) is 9.20. The van der Waals surface area contributed by atoms with Crippen LogP contribution in [0, 0.1) is 23.7 Å². The molecule has 1 saturated heterocycles. The number of carbonyl (C=O) groups is 1. The Kier molecular flexibility index (Phi) is 6.93. The molecule has 4 nitrogen and oxygen atoms in total. The van der Waals surface area contributed by atoms with Crippen molar-refractivity contribution >= 4 is 11.6 Å². The Balaban J connectivity index is 1.56. The summed E-state index contributed by atoms with van der Waals surface area (Å²) < 4.78 is 0. The fourth-order valence-electron chi connectivity index (χ4n) is 4.70. The summed E-state index contributed by atoms with van der Waals surface area (Å²) in [5.74, 6) is 2.10. The van der Waals surface area contributed by atoms with E-state index in [1.54, 1.807) is 0 Å². The molecule has 2 aliphatic rings. The van der Waals surface area contributed by atoms with Gasteiger partial charge in [0.25, 0.3) is 0 Å². The number of benzene rings is 1. The lowest BCUT2D eigenvalue weighted by Gasteiger charge is -2.36. The van der Waals surface area contributed by atoms with E-state index in [2.05, 4.69) is 67.2 Å². The van der Waals surface area contributed by atoms with Gasteiger partial charge >= 0.3 is 0 Å². The van der Waals surface area contributed by atoms with Crippen molar-refractivity contribution < 1.29 is 4.79 Å². The molecular formula is C23H37N3O. The fourth-order valence-corrected chi connectivity index (χ4v) is 4.70. The molecule has 1 amide bonds. The Bertz CT molecular complexity index is 605. The number of anilines is 1. The van der Waals surface area contributed by atoms with E-state index in [-0.39, 0.29) is 11.8 Å². The molecule has 150 valence electrons. The van der Waals surface area contributed by atoms with Gasteiger partial charge in [-0.05, 0) is 55.3 Å². The number of hydrogen-bond acceptors (Lipinski definition) is 3. The molecule has 0 bridgehead atoms. The van der Waals surface area contributed by atoms with Gasteiger partial charge in [-0.3, -0.25) is 9.69 Å². The molecule has 0 radical (unpaired) electrons. The largest absolute Gasteiger partial charge is 0.326 e. The third-order valence-electron chi connectivity index (χ3n) is 6.58. The first kappa shape index (κ1) is 20.3. The molecule has 1 aliphatic carbocycles. The number of amides is 1. The Morgan fingerprint density at radius 3 is 2.41 bits per heavy atom. The molecule has 1 saturated carbocycles. The van der Waals surface area contributed by atoms with Crippen molar-refractivity contribution in [3.63, 3.8) is 0 Å². The molecule has 3 rings (SSSR count). The Hall–Kier alpha value is -1.39. The van der Waals surface area contributed by atoms with Gasteiger partial charge in [-0.2, -0.15) is 0 Å². The maximum atomic E-state index is 12.9. The molecule has 1 N–H and O–H groups in total. The van der Waals surface area contributed by atoms with Gasteiger partial charge in [-0.15, -0.1) is 0 Å². The number of rotatable bonds is 5. The van der Waals surface area contributed by atoms with Crippen LogP contribution in [0.4, 0.5) is 5.69 Å². The van der Waals surface area contributed by atoms with Crippen LogP contribution in [0.5, 0.6) is 0 Å². The predicted molar refractivity (Wildman–Crippen MR) is 113 cm³/mol. The van der Waals surface area contributed by atoms with Gasteiger partial charge in [0, 0.05) is 44.3 Å². The third-order valence-corrected chi connectivity index (χ3v) is 6.58. The van der Waals surface area contributed by atoms with Crippen molar-refractivity contribution in [3.8, 4) is 0 Å². The lowest BCUT2D eigenvalue weighted by Crippen LogP contribution is -2.43. The van der Waals surface area contributed by atoms with Gasteiger partial charge in [0.2, 0.25) is 5.91 Å². The van der Waals surface area contributed by atoms with Gasteiger partial charge < -0.3 is 10.2 Å². The summed E-state index contributed by atoms with van der Waals surface area (Å²) in [5.41, 5.74) is 2.26. The smallest absolute Gasteiger partial charge is 0.227 e. The molecule has 1 aliphatic heterocycles. The van der Waals surface area contributed by atoms with Gasteiger partial charge in [-0.25, -0.2) is 0 Å². The van der Waals surface area contributed by atoms with Crippen LogP contribution in [-0.4, -0.2) is 48.9 Å². The van der Waals surface area contributed by atoms with E-state index in [0.717, 1.165) is 44.8 Å². The summed E-state index contributed by atoms with van der Waals surface area (Å²) in [7, 11) is 2.19. The van der Waals surface area contributed by atoms with Crippen molar-refractivity contribution in [2.45, 2.75) is 46.6 Å². The van der Waals surface area contributed by atoms with E-state index in [9.17, 15) is 4.79 Å². The second-order valence-corrected chi connectivity index (χ2v) is 9.20. The zero-order valence-corrected chi connectivity index (χ0v) is 17.6. The molecular weight excluding hydrogens is 334 g/mol. The number of likely N-dealkylation sites (N-methyl/N-ethyl adjacent to an activating group) is 1. The first-order chi connectivity index (χ1) is 12.9. The topological polar surface area (TPSA) is 35.6 Å². The first-order valence-electron chi connectivity index (χ1n) is 10.7. The highest BCUT2D eigenvalue weighted by atomic mass is 16.1. The number of nitrogens with one attached hydrogen (secondary N) is 1. The maximum absolute atomic E-state index is 12.9. The van der Waals surface area contributed by atoms with Crippen LogP contribution in [0.25, 0.3) is 0 Å². The van der Waals surface area contributed by atoms with E-state index in [1.165, 1.54) is 18.4 Å². The van der Waals surface area contributed by atoms with Crippen LogP contribution in [0.1, 0.15) is 45.6 Å². The molecule has 0 unspecified atom stereocenters. The molecule has 27 heavy (non-hydrogen) atoms. The fraction of sp³-hybridized carbons (Fsp3) is 0.696. The Morgan fingerprint density at radius 1 is 1.11 bits per heavy atom. The zero-order valence-electron chi connectivity index (χ0n) is 17.6. The molecule has 0 spiro atoms. The summed E-state index contributed by atoms with van der Waals surface area (Å²) in [5, 5.41) is 3.19. The lowest BCUT2D eigenvalue weighted by atomic mass is 9.70. The van der Waals surface area contributed by atoms with Crippen LogP contribution < -0.4 is 5.32 Å². The third kappa shape index (κ3) is 5.55. The summed E-state index contributed by atoms with van der Waals surface area (Å²) in [6.07, 6.45) is 3.46. The van der Waals surface area contributed by atoms with E-state index in [0.29, 0.717) is 17.8 Å². The highest BCUT2D eigenvalue weighted by Gasteiger charge is 2.35. The van der Waals surface area contributed by atoms with Crippen molar-refractivity contribution in [2.24, 2.45) is 23.7 Å². The molecule has 1 heterocycles. The quantitative estimate of drug-likeness (QED) is 0.847. The minimum absolute atomic E-state index is 0.152. The number of piperazine rings is 1. The van der Waals surface area contributed by atoms with Crippen molar-refractivity contribution in [1.82, 2.24) is 9.80 Å². The average Bonchev–Trinajstić information content (AvgIpc) is 2.65. The monoisotopic (exact) mass is 371 g/mol. The van der Waals surface area contributed by atoms with Crippen molar-refractivity contribution in [3.05, 3.63) is 29.8 Å². The number of carbonyl (C=O) groups excluding carboxylic acids is 1. The molecule has 4 heteroatoms. The van der Waals surface area contributed by atoms with Crippen LogP contribution in [0.15, 0.2) is 24.3 Å². The minimum Gasteiger partial charge on any atom is -0.326 e. The van der Waals surface area contributed by atoms with Crippen LogP contribution in [-0.2, 0) is 11.3 Å². The lowest BCUT2D eigenvalue weighted by molar-refractivity contribution is -0.123. The molecule has 0 aromatic heterocycles. The summed E-state index contributed by atoms with van der Waals surface area (Å²) in [6, 6.07) is 8.47. The van der Waals surface area contributed by atoms with Gasteiger partial charge in [0.05, 0.1) is 0 Å². The normalized spacial score (nSPS) is 27.7. The first-order valence-corrected chi connectivity index (χ1v) is 10.7. The highest BCUT2D eigenvalue weighted by Crippen LogP contribution is 2.38. The standard InChI is InChI=1S/C23H37N3O/c1-17(2)21-10-5-18(3)15-22(21)23(27)24-20-8-6-19(7-9-20)16-26-13-11-25(4)12-14-26/h6-9,17-18,21-22H,5,10-16H2,1-4H3,(H,24,27)/t18-,21+,22-/m1/s1. The molecule has 3 atom stereocenters. The Labute approximate surface area is 165 Å². The summed E-state index contributed by atoms with van der Waals surface area (Å²) in [4.78, 5) is 17.8. The van der Waals surface area contributed by atoms with Crippen LogP contribution >= 0.6 is 0 Å². The second kappa shape index (κ2) is 9.20.